The second-order valence-electron chi connectivity index (χ2n) is 5.56. The maximum Gasteiger partial charge on any atom is 0.240 e. The van der Waals surface area contributed by atoms with Gasteiger partial charge in [0.25, 0.3) is 0 Å². The number of methoxy groups -OCH3 is 1. The number of nitrogens with one attached hydrogen (secondary N) is 1. The molecule has 0 unspecified atom stereocenters. The molecule has 0 radical (unpaired) electrons. The Kier molecular flexibility index (Phi) is 5.96. The molecule has 0 amide bonds. The van der Waals surface area contributed by atoms with Crippen LogP contribution in [0.4, 0.5) is 0 Å². The molecule has 2 aromatic carbocycles. The maximum atomic E-state index is 12.4. The first-order chi connectivity index (χ1) is 11.4. The van der Waals surface area contributed by atoms with Crippen molar-refractivity contribution in [1.29, 1.82) is 5.26 Å². The normalized spacial score (nSPS) is 12.4. The van der Waals surface area contributed by atoms with Gasteiger partial charge in [0, 0.05) is 6.04 Å². The molecule has 2 aromatic rings. The van der Waals surface area contributed by atoms with E-state index in [2.05, 4.69) is 4.72 Å². The van der Waals surface area contributed by atoms with Gasteiger partial charge in [-0.15, -0.1) is 0 Å². The number of nitriles is 1. The Bertz CT molecular complexity index is 824. The van der Waals surface area contributed by atoms with Crippen LogP contribution in [-0.4, -0.2) is 21.6 Å². The largest absolute Gasteiger partial charge is 0.497 e. The van der Waals surface area contributed by atoms with E-state index in [0.29, 0.717) is 6.42 Å². The summed E-state index contributed by atoms with van der Waals surface area (Å²) in [6, 6.07) is 15.7. The lowest BCUT2D eigenvalue weighted by molar-refractivity contribution is 0.414. The minimum absolute atomic E-state index is 0.196. The number of hydrogen-bond donors (Lipinski definition) is 1. The Balaban J connectivity index is 2.06. The molecule has 5 nitrogen and oxygen atoms in total. The van der Waals surface area contributed by atoms with E-state index in [0.717, 1.165) is 16.9 Å². The van der Waals surface area contributed by atoms with Gasteiger partial charge in [-0.3, -0.25) is 0 Å². The first-order valence-corrected chi connectivity index (χ1v) is 9.04. The summed E-state index contributed by atoms with van der Waals surface area (Å²) in [5, 5.41) is 8.66. The monoisotopic (exact) mass is 344 g/mol. The van der Waals surface area contributed by atoms with Crippen molar-refractivity contribution in [2.24, 2.45) is 0 Å². The first-order valence-electron chi connectivity index (χ1n) is 7.56. The molecule has 6 heteroatoms. The highest BCUT2D eigenvalue weighted by Crippen LogP contribution is 2.16. The van der Waals surface area contributed by atoms with Gasteiger partial charge in [-0.2, -0.15) is 5.26 Å². The van der Waals surface area contributed by atoms with Crippen molar-refractivity contribution in [3.8, 4) is 11.8 Å². The highest BCUT2D eigenvalue weighted by molar-refractivity contribution is 7.89. The SMILES string of the molecule is COc1cccc(C[C@@H](C)NS(=O)(=O)c2ccc(CC#N)cc2)c1. The Hall–Kier alpha value is -2.36. The van der Waals surface area contributed by atoms with Crippen LogP contribution in [0.3, 0.4) is 0 Å². The lowest BCUT2D eigenvalue weighted by Gasteiger charge is -2.15. The fourth-order valence-corrected chi connectivity index (χ4v) is 3.65. The van der Waals surface area contributed by atoms with Crippen molar-refractivity contribution in [2.75, 3.05) is 7.11 Å². The third-order valence-corrected chi connectivity index (χ3v) is 5.15. The lowest BCUT2D eigenvalue weighted by Crippen LogP contribution is -2.34. The molecule has 0 bridgehead atoms. The summed E-state index contributed by atoms with van der Waals surface area (Å²) in [6.45, 7) is 1.82. The second-order valence-corrected chi connectivity index (χ2v) is 7.27. The van der Waals surface area contributed by atoms with Gasteiger partial charge in [-0.05, 0) is 48.7 Å². The van der Waals surface area contributed by atoms with Crippen LogP contribution in [0, 0.1) is 11.3 Å². The smallest absolute Gasteiger partial charge is 0.240 e. The standard InChI is InChI=1S/C18H20N2O3S/c1-14(12-16-4-3-5-17(13-16)23-2)20-24(21,22)18-8-6-15(7-9-18)10-11-19/h3-9,13-14,20H,10,12H2,1-2H3/t14-/m1/s1. The molecule has 0 aliphatic rings. The minimum atomic E-state index is -3.59. The Morgan fingerprint density at radius 3 is 2.50 bits per heavy atom. The molecular formula is C18H20N2O3S. The molecule has 0 heterocycles. The Morgan fingerprint density at radius 1 is 1.17 bits per heavy atom. The summed E-state index contributed by atoms with van der Waals surface area (Å²) in [5.74, 6) is 0.746. The number of ether oxygens (including phenoxy) is 1. The van der Waals surface area contributed by atoms with E-state index in [1.807, 2.05) is 37.3 Å². The van der Waals surface area contributed by atoms with Crippen LogP contribution in [0.15, 0.2) is 53.4 Å². The number of rotatable bonds is 7. The number of hydrogen-bond acceptors (Lipinski definition) is 4. The molecular weight excluding hydrogens is 324 g/mol. The van der Waals surface area contributed by atoms with Crippen molar-refractivity contribution in [3.63, 3.8) is 0 Å². The van der Waals surface area contributed by atoms with Crippen molar-refractivity contribution < 1.29 is 13.2 Å². The van der Waals surface area contributed by atoms with Crippen molar-refractivity contribution in [3.05, 3.63) is 59.7 Å². The van der Waals surface area contributed by atoms with Crippen molar-refractivity contribution >= 4 is 10.0 Å². The number of sulfonamides is 1. The van der Waals surface area contributed by atoms with Crippen LogP contribution in [0.2, 0.25) is 0 Å². The van der Waals surface area contributed by atoms with Gasteiger partial charge in [0.15, 0.2) is 0 Å². The van der Waals surface area contributed by atoms with E-state index < -0.39 is 10.0 Å². The molecule has 1 atom stereocenters. The fourth-order valence-electron chi connectivity index (χ4n) is 2.41. The zero-order valence-electron chi connectivity index (χ0n) is 13.7. The summed E-state index contributed by atoms with van der Waals surface area (Å²) in [5.41, 5.74) is 1.79. The topological polar surface area (TPSA) is 79.2 Å². The van der Waals surface area contributed by atoms with Gasteiger partial charge in [0.2, 0.25) is 10.0 Å². The van der Waals surface area contributed by atoms with Gasteiger partial charge < -0.3 is 4.74 Å². The second kappa shape index (κ2) is 7.95. The van der Waals surface area contributed by atoms with Crippen LogP contribution in [-0.2, 0) is 22.9 Å². The van der Waals surface area contributed by atoms with Crippen LogP contribution < -0.4 is 9.46 Å². The molecule has 0 fully saturated rings. The van der Waals surface area contributed by atoms with Gasteiger partial charge in [-0.25, -0.2) is 13.1 Å². The molecule has 0 spiro atoms. The van der Waals surface area contributed by atoms with Gasteiger partial charge in [0.05, 0.1) is 24.5 Å². The fraction of sp³-hybridized carbons (Fsp3) is 0.278. The zero-order valence-corrected chi connectivity index (χ0v) is 14.5. The van der Waals surface area contributed by atoms with Crippen LogP contribution in [0.25, 0.3) is 0 Å². The molecule has 0 aliphatic carbocycles. The van der Waals surface area contributed by atoms with Crippen LogP contribution in [0.5, 0.6) is 5.75 Å². The summed E-state index contributed by atoms with van der Waals surface area (Å²) in [7, 11) is -1.99. The quantitative estimate of drug-likeness (QED) is 0.837. The summed E-state index contributed by atoms with van der Waals surface area (Å²) < 4.78 is 32.7. The molecule has 2 rings (SSSR count). The van der Waals surface area contributed by atoms with Gasteiger partial charge in [0.1, 0.15) is 5.75 Å². The van der Waals surface area contributed by atoms with Gasteiger partial charge >= 0.3 is 0 Å². The minimum Gasteiger partial charge on any atom is -0.497 e. The van der Waals surface area contributed by atoms with E-state index in [4.69, 9.17) is 10.00 Å². The molecule has 1 N–H and O–H groups in total. The number of nitrogens with zero attached hydrogens (tertiary/aromatic N) is 1. The third-order valence-electron chi connectivity index (χ3n) is 3.55. The van der Waals surface area contributed by atoms with Crippen LogP contribution in [0.1, 0.15) is 18.1 Å². The predicted octanol–water partition coefficient (Wildman–Crippen LogP) is 2.67. The van der Waals surface area contributed by atoms with E-state index in [1.54, 1.807) is 19.2 Å². The molecule has 0 aromatic heterocycles. The predicted molar refractivity (Wildman–Crippen MR) is 92.2 cm³/mol. The Labute approximate surface area is 142 Å². The lowest BCUT2D eigenvalue weighted by atomic mass is 10.1. The average Bonchev–Trinajstić information content (AvgIpc) is 2.55. The first kappa shape index (κ1) is 18.0. The molecule has 126 valence electrons. The van der Waals surface area contributed by atoms with Crippen molar-refractivity contribution in [2.45, 2.75) is 30.7 Å². The van der Waals surface area contributed by atoms with E-state index in [1.165, 1.54) is 12.1 Å². The average molecular weight is 344 g/mol. The highest BCUT2D eigenvalue weighted by atomic mass is 32.2. The number of benzene rings is 2. The summed E-state index contributed by atoms with van der Waals surface area (Å²) in [4.78, 5) is 0.196. The van der Waals surface area contributed by atoms with Crippen molar-refractivity contribution in [1.82, 2.24) is 4.72 Å². The van der Waals surface area contributed by atoms with Crippen LogP contribution >= 0.6 is 0 Å². The molecule has 0 aliphatic heterocycles. The van der Waals surface area contributed by atoms with E-state index in [9.17, 15) is 8.42 Å². The maximum absolute atomic E-state index is 12.4. The van der Waals surface area contributed by atoms with E-state index >= 15 is 0 Å². The summed E-state index contributed by atoms with van der Waals surface area (Å²) >= 11 is 0. The van der Waals surface area contributed by atoms with E-state index in [-0.39, 0.29) is 17.4 Å². The highest BCUT2D eigenvalue weighted by Gasteiger charge is 2.17. The van der Waals surface area contributed by atoms with Gasteiger partial charge in [-0.1, -0.05) is 24.3 Å². The zero-order chi connectivity index (χ0) is 17.6. The molecule has 24 heavy (non-hydrogen) atoms. The molecule has 0 saturated carbocycles. The third kappa shape index (κ3) is 4.82. The Morgan fingerprint density at radius 2 is 1.88 bits per heavy atom. The molecule has 0 saturated heterocycles. The summed E-state index contributed by atoms with van der Waals surface area (Å²) in [6.07, 6.45) is 0.822.